The van der Waals surface area contributed by atoms with E-state index >= 15 is 0 Å². The fraction of sp³-hybridized carbons (Fsp3) is 0.261. The summed E-state index contributed by atoms with van der Waals surface area (Å²) in [7, 11) is 4.46. The second kappa shape index (κ2) is 9.94. The number of carboxylic acid groups (broad SMARTS) is 1. The van der Waals surface area contributed by atoms with E-state index in [1.807, 2.05) is 0 Å². The van der Waals surface area contributed by atoms with Crippen LogP contribution in [0.4, 0.5) is 0 Å². The third-order valence-electron chi connectivity index (χ3n) is 4.78. The first-order valence-electron chi connectivity index (χ1n) is 9.81. The molecule has 0 fully saturated rings. The van der Waals surface area contributed by atoms with Gasteiger partial charge in [0.25, 0.3) is 5.91 Å². The van der Waals surface area contributed by atoms with Crippen LogP contribution in [0.1, 0.15) is 22.8 Å². The maximum absolute atomic E-state index is 12.8. The predicted molar refractivity (Wildman–Crippen MR) is 116 cm³/mol. The molecule has 2 aromatic rings. The van der Waals surface area contributed by atoms with Crippen molar-refractivity contribution in [2.45, 2.75) is 13.0 Å². The van der Waals surface area contributed by atoms with E-state index in [9.17, 15) is 14.4 Å². The molecule has 3 rings (SSSR count). The fourth-order valence-corrected chi connectivity index (χ4v) is 3.13. The number of ether oxygens (including phenoxy) is 5. The zero-order valence-corrected chi connectivity index (χ0v) is 18.5. The van der Waals surface area contributed by atoms with Crippen molar-refractivity contribution in [3.05, 3.63) is 47.2 Å². The van der Waals surface area contributed by atoms with Crippen molar-refractivity contribution >= 4 is 23.7 Å². The third-order valence-corrected chi connectivity index (χ3v) is 4.78. The van der Waals surface area contributed by atoms with Crippen LogP contribution in [0.25, 0.3) is 6.08 Å². The monoisotopic (exact) mass is 457 g/mol. The van der Waals surface area contributed by atoms with Crippen LogP contribution in [0, 0.1) is 0 Å². The zero-order valence-electron chi connectivity index (χ0n) is 18.5. The highest BCUT2D eigenvalue weighted by atomic mass is 16.5. The molecule has 0 saturated carbocycles. The Balaban J connectivity index is 1.78. The van der Waals surface area contributed by atoms with E-state index < -0.39 is 24.5 Å². The van der Waals surface area contributed by atoms with E-state index in [2.05, 4.69) is 5.32 Å². The molecule has 1 aliphatic rings. The number of aliphatic carboxylic acids is 1. The van der Waals surface area contributed by atoms with Crippen LogP contribution in [0.3, 0.4) is 0 Å². The summed E-state index contributed by atoms with van der Waals surface area (Å²) in [5.74, 6) is -0.233. The van der Waals surface area contributed by atoms with Gasteiger partial charge in [0.05, 0.1) is 26.9 Å². The van der Waals surface area contributed by atoms with Crippen LogP contribution in [0.15, 0.2) is 36.1 Å². The molecule has 10 nitrogen and oxygen atoms in total. The van der Waals surface area contributed by atoms with Crippen LogP contribution in [-0.4, -0.2) is 56.7 Å². The Kier molecular flexibility index (Phi) is 7.07. The van der Waals surface area contributed by atoms with Crippen molar-refractivity contribution in [1.82, 2.24) is 5.32 Å². The lowest BCUT2D eigenvalue weighted by atomic mass is 10.1. The van der Waals surface area contributed by atoms with Crippen LogP contribution in [0.5, 0.6) is 28.7 Å². The molecule has 1 amide bonds. The van der Waals surface area contributed by atoms with Crippen molar-refractivity contribution in [1.29, 1.82) is 0 Å². The lowest BCUT2D eigenvalue weighted by Crippen LogP contribution is -2.40. The van der Waals surface area contributed by atoms with E-state index in [1.54, 1.807) is 12.1 Å². The molecule has 1 atom stereocenters. The van der Waals surface area contributed by atoms with Gasteiger partial charge in [0, 0.05) is 11.6 Å². The van der Waals surface area contributed by atoms with Crippen LogP contribution < -0.4 is 29.0 Å². The second-order valence-corrected chi connectivity index (χ2v) is 6.94. The molecule has 0 radical (unpaired) electrons. The summed E-state index contributed by atoms with van der Waals surface area (Å²) >= 11 is 0. The van der Waals surface area contributed by atoms with Gasteiger partial charge < -0.3 is 34.1 Å². The topological polar surface area (TPSA) is 130 Å². The van der Waals surface area contributed by atoms with Gasteiger partial charge in [-0.1, -0.05) is 0 Å². The first kappa shape index (κ1) is 23.5. The number of hydrogen-bond donors (Lipinski definition) is 2. The van der Waals surface area contributed by atoms with E-state index in [-0.39, 0.29) is 23.0 Å². The van der Waals surface area contributed by atoms with E-state index in [1.165, 1.54) is 52.5 Å². The number of carbonyl (C=O) groups is 3. The molecule has 2 aromatic carbocycles. The quantitative estimate of drug-likeness (QED) is 0.545. The first-order chi connectivity index (χ1) is 15.8. The van der Waals surface area contributed by atoms with Gasteiger partial charge >= 0.3 is 5.97 Å². The summed E-state index contributed by atoms with van der Waals surface area (Å²) in [6.07, 6.45) is 1.53. The number of carboxylic acids is 1. The maximum Gasteiger partial charge on any atom is 0.325 e. The summed E-state index contributed by atoms with van der Waals surface area (Å²) in [4.78, 5) is 35.4. The summed E-state index contributed by atoms with van der Waals surface area (Å²) in [6, 6.07) is 6.88. The standard InChI is InChI=1S/C23H23NO9/c1-12(23(27)28)24-19(25)11-32-14-6-7-15-17(10-14)33-18(20(15)26)9-13-5-8-16(29-2)22(31-4)21(13)30-3/h5-10,12H,11H2,1-4H3,(H,24,25)(H,27,28)/t12-/m0/s1. The van der Waals surface area contributed by atoms with Crippen molar-refractivity contribution in [2.24, 2.45) is 0 Å². The number of carbonyl (C=O) groups excluding carboxylic acids is 2. The number of nitrogens with one attached hydrogen (secondary N) is 1. The molecule has 1 aliphatic heterocycles. The van der Waals surface area contributed by atoms with Gasteiger partial charge in [-0.2, -0.15) is 0 Å². The molecule has 0 aromatic heterocycles. The van der Waals surface area contributed by atoms with Crippen molar-refractivity contribution in [3.63, 3.8) is 0 Å². The second-order valence-electron chi connectivity index (χ2n) is 6.94. The number of hydrogen-bond acceptors (Lipinski definition) is 8. The number of Topliss-reactive ketones (excluding diaryl/α,β-unsaturated/α-hetero) is 1. The molecule has 33 heavy (non-hydrogen) atoms. The Morgan fingerprint density at radius 3 is 2.45 bits per heavy atom. The SMILES string of the molecule is COc1ccc(C=C2Oc3cc(OCC(=O)N[C@@H](C)C(=O)O)ccc3C2=O)c(OC)c1OC. The molecule has 1 heterocycles. The van der Waals surface area contributed by atoms with Crippen LogP contribution in [-0.2, 0) is 9.59 Å². The Hall–Kier alpha value is -4.21. The summed E-state index contributed by atoms with van der Waals surface area (Å²) in [5.41, 5.74) is 0.879. The first-order valence-corrected chi connectivity index (χ1v) is 9.81. The van der Waals surface area contributed by atoms with E-state index in [4.69, 9.17) is 28.8 Å². The highest BCUT2D eigenvalue weighted by Crippen LogP contribution is 2.42. The Morgan fingerprint density at radius 2 is 1.82 bits per heavy atom. The molecule has 174 valence electrons. The number of allylic oxidation sites excluding steroid dienone is 1. The van der Waals surface area contributed by atoms with Crippen molar-refractivity contribution in [2.75, 3.05) is 27.9 Å². The minimum absolute atomic E-state index is 0.0701. The van der Waals surface area contributed by atoms with Gasteiger partial charge in [-0.05, 0) is 37.3 Å². The smallest absolute Gasteiger partial charge is 0.325 e. The average molecular weight is 457 g/mol. The molecule has 0 spiro atoms. The summed E-state index contributed by atoms with van der Waals surface area (Å²) < 4.78 is 27.2. The number of fused-ring (bicyclic) bond motifs is 1. The molecular weight excluding hydrogens is 434 g/mol. The van der Waals surface area contributed by atoms with Gasteiger partial charge in [-0.25, -0.2) is 0 Å². The molecule has 0 saturated heterocycles. The van der Waals surface area contributed by atoms with Crippen molar-refractivity contribution in [3.8, 4) is 28.7 Å². The number of methoxy groups -OCH3 is 3. The highest BCUT2D eigenvalue weighted by molar-refractivity contribution is 6.14. The Labute approximate surface area is 189 Å². The fourth-order valence-electron chi connectivity index (χ4n) is 3.13. The van der Waals surface area contributed by atoms with Crippen LogP contribution in [0.2, 0.25) is 0 Å². The van der Waals surface area contributed by atoms with E-state index in [0.717, 1.165) is 0 Å². The van der Waals surface area contributed by atoms with Gasteiger partial charge in [0.1, 0.15) is 17.5 Å². The molecular formula is C23H23NO9. The highest BCUT2D eigenvalue weighted by Gasteiger charge is 2.29. The largest absolute Gasteiger partial charge is 0.493 e. The number of amides is 1. The predicted octanol–water partition coefficient (Wildman–Crippen LogP) is 2.30. The van der Waals surface area contributed by atoms with Gasteiger partial charge in [-0.15, -0.1) is 0 Å². The molecule has 0 aliphatic carbocycles. The lowest BCUT2D eigenvalue weighted by Gasteiger charge is -2.14. The average Bonchev–Trinajstić information content (AvgIpc) is 3.11. The molecule has 10 heteroatoms. The van der Waals surface area contributed by atoms with Gasteiger partial charge in [-0.3, -0.25) is 14.4 Å². The third kappa shape index (κ3) is 5.00. The summed E-state index contributed by atoms with van der Waals surface area (Å²) in [5, 5.41) is 11.1. The molecule has 0 unspecified atom stereocenters. The summed E-state index contributed by atoms with van der Waals surface area (Å²) in [6.45, 7) is 0.951. The number of ketones is 1. The Bertz CT molecular complexity index is 1120. The van der Waals surface area contributed by atoms with Gasteiger partial charge in [0.2, 0.25) is 11.5 Å². The normalized spacial score (nSPS) is 14.2. The minimum Gasteiger partial charge on any atom is -0.493 e. The molecule has 0 bridgehead atoms. The lowest BCUT2D eigenvalue weighted by molar-refractivity contribution is -0.141. The van der Waals surface area contributed by atoms with Gasteiger partial charge in [0.15, 0.2) is 23.9 Å². The zero-order chi connectivity index (χ0) is 24.1. The van der Waals surface area contributed by atoms with Crippen LogP contribution >= 0.6 is 0 Å². The number of rotatable bonds is 9. The maximum atomic E-state index is 12.8. The minimum atomic E-state index is -1.15. The van der Waals surface area contributed by atoms with E-state index in [0.29, 0.717) is 28.4 Å². The number of benzene rings is 2. The molecule has 2 N–H and O–H groups in total. The Morgan fingerprint density at radius 1 is 1.09 bits per heavy atom. The van der Waals surface area contributed by atoms with Crippen molar-refractivity contribution < 1.29 is 43.2 Å².